The normalized spacial score (nSPS) is 15.9. The average Bonchev–Trinajstić information content (AvgIpc) is 3.34. The first-order valence-electron chi connectivity index (χ1n) is 13.7. The first-order chi connectivity index (χ1) is 20.2. The van der Waals surface area contributed by atoms with Crippen molar-refractivity contribution in [1.82, 2.24) is 4.57 Å². The zero-order chi connectivity index (χ0) is 27.8. The fourth-order valence-electron chi connectivity index (χ4n) is 5.66. The van der Waals surface area contributed by atoms with Crippen LogP contribution in [-0.2, 0) is 13.0 Å². The number of fused-ring (bicyclic) bond motifs is 3. The Morgan fingerprint density at radius 1 is 0.878 bits per heavy atom. The number of aromatic nitrogens is 1. The van der Waals surface area contributed by atoms with E-state index in [0.717, 1.165) is 57.1 Å². The summed E-state index contributed by atoms with van der Waals surface area (Å²) in [6, 6.07) is 34.3. The van der Waals surface area contributed by atoms with Gasteiger partial charge in [-0.25, -0.2) is 4.99 Å². The Kier molecular flexibility index (Phi) is 6.61. The Hall–Kier alpha value is -4.68. The highest BCUT2D eigenvalue weighted by molar-refractivity contribution is 7.07. The molecule has 6 heteroatoms. The summed E-state index contributed by atoms with van der Waals surface area (Å²) in [5.74, 6) is 1.58. The minimum Gasteiger partial charge on any atom is -0.497 e. The Labute approximate surface area is 242 Å². The van der Waals surface area contributed by atoms with Crippen LogP contribution in [0.15, 0.2) is 118 Å². The SMILES string of the molecule is COc1ccc([C@@H]2C3=C(N=c4s/c(=C\c5ccc(OCc6ccccc6)cc5)c(=O)n42)c2ccccc2CC3)cc1. The van der Waals surface area contributed by atoms with Gasteiger partial charge in [-0.05, 0) is 71.0 Å². The van der Waals surface area contributed by atoms with Gasteiger partial charge in [0.1, 0.15) is 18.1 Å². The predicted octanol–water partition coefficient (Wildman–Crippen LogP) is 5.91. The molecule has 2 aliphatic rings. The molecule has 202 valence electrons. The smallest absolute Gasteiger partial charge is 0.271 e. The van der Waals surface area contributed by atoms with Gasteiger partial charge in [0.2, 0.25) is 0 Å². The third kappa shape index (κ3) is 4.81. The topological polar surface area (TPSA) is 52.8 Å². The maximum atomic E-state index is 14.0. The number of allylic oxidation sites excluding steroid dienone is 1. The average molecular weight is 557 g/mol. The van der Waals surface area contributed by atoms with Gasteiger partial charge in [-0.2, -0.15) is 0 Å². The van der Waals surface area contributed by atoms with Gasteiger partial charge in [-0.15, -0.1) is 0 Å². The van der Waals surface area contributed by atoms with E-state index < -0.39 is 0 Å². The summed E-state index contributed by atoms with van der Waals surface area (Å²) < 4.78 is 13.9. The van der Waals surface area contributed by atoms with Crippen molar-refractivity contribution >= 4 is 23.1 Å². The number of methoxy groups -OCH3 is 1. The Morgan fingerprint density at radius 3 is 2.39 bits per heavy atom. The highest BCUT2D eigenvalue weighted by atomic mass is 32.1. The van der Waals surface area contributed by atoms with E-state index in [9.17, 15) is 4.79 Å². The quantitative estimate of drug-likeness (QED) is 0.262. The fraction of sp³-hybridized carbons (Fsp3) is 0.143. The van der Waals surface area contributed by atoms with Crippen molar-refractivity contribution in [1.29, 1.82) is 0 Å². The van der Waals surface area contributed by atoms with E-state index in [1.165, 1.54) is 22.5 Å². The minimum absolute atomic E-state index is 0.0237. The molecule has 7 rings (SSSR count). The van der Waals surface area contributed by atoms with Gasteiger partial charge < -0.3 is 9.47 Å². The first kappa shape index (κ1) is 25.3. The van der Waals surface area contributed by atoms with Gasteiger partial charge in [0.15, 0.2) is 4.80 Å². The molecule has 5 nitrogen and oxygen atoms in total. The molecule has 2 heterocycles. The Bertz CT molecular complexity index is 1940. The molecular weight excluding hydrogens is 528 g/mol. The molecule has 0 unspecified atom stereocenters. The van der Waals surface area contributed by atoms with E-state index in [0.29, 0.717) is 11.1 Å². The first-order valence-corrected chi connectivity index (χ1v) is 14.5. The molecule has 1 aromatic heterocycles. The third-order valence-electron chi connectivity index (χ3n) is 7.73. The monoisotopic (exact) mass is 556 g/mol. The van der Waals surface area contributed by atoms with Crippen LogP contribution in [0.4, 0.5) is 0 Å². The maximum Gasteiger partial charge on any atom is 0.271 e. The molecule has 0 saturated heterocycles. The summed E-state index contributed by atoms with van der Waals surface area (Å²) in [5.41, 5.74) is 7.75. The number of nitrogens with zero attached hydrogens (tertiary/aromatic N) is 2. The lowest BCUT2D eigenvalue weighted by Gasteiger charge is -2.30. The van der Waals surface area contributed by atoms with Crippen molar-refractivity contribution in [2.45, 2.75) is 25.5 Å². The van der Waals surface area contributed by atoms with Crippen LogP contribution in [0.25, 0.3) is 11.8 Å². The molecule has 1 aliphatic heterocycles. The highest BCUT2D eigenvalue weighted by Gasteiger charge is 2.32. The fourth-order valence-corrected chi connectivity index (χ4v) is 6.66. The van der Waals surface area contributed by atoms with Gasteiger partial charge in [0.05, 0.1) is 23.4 Å². The lowest BCUT2D eigenvalue weighted by Crippen LogP contribution is -2.38. The van der Waals surface area contributed by atoms with Crippen LogP contribution in [0.3, 0.4) is 0 Å². The molecule has 0 bridgehead atoms. The van der Waals surface area contributed by atoms with Crippen molar-refractivity contribution in [2.24, 2.45) is 4.99 Å². The van der Waals surface area contributed by atoms with Gasteiger partial charge in [0.25, 0.3) is 5.56 Å². The molecule has 41 heavy (non-hydrogen) atoms. The van der Waals surface area contributed by atoms with Crippen LogP contribution >= 0.6 is 11.3 Å². The maximum absolute atomic E-state index is 14.0. The summed E-state index contributed by atoms with van der Waals surface area (Å²) in [5, 5.41) is 0. The number of rotatable bonds is 6. The lowest BCUT2D eigenvalue weighted by atomic mass is 9.83. The van der Waals surface area contributed by atoms with E-state index in [-0.39, 0.29) is 11.6 Å². The number of ether oxygens (including phenoxy) is 2. The van der Waals surface area contributed by atoms with E-state index in [1.54, 1.807) is 7.11 Å². The number of aryl methyl sites for hydroxylation is 1. The van der Waals surface area contributed by atoms with Crippen LogP contribution in [0.5, 0.6) is 11.5 Å². The molecule has 4 aromatic carbocycles. The number of benzene rings is 4. The summed E-state index contributed by atoms with van der Waals surface area (Å²) in [7, 11) is 1.67. The minimum atomic E-state index is -0.212. The molecule has 0 spiro atoms. The van der Waals surface area contributed by atoms with Gasteiger partial charge >= 0.3 is 0 Å². The van der Waals surface area contributed by atoms with Gasteiger partial charge in [0, 0.05) is 5.56 Å². The molecule has 1 atom stereocenters. The van der Waals surface area contributed by atoms with Gasteiger partial charge in [-0.1, -0.05) is 90.2 Å². The number of hydrogen-bond acceptors (Lipinski definition) is 5. The van der Waals surface area contributed by atoms with Crippen LogP contribution < -0.4 is 24.4 Å². The molecule has 0 fully saturated rings. The molecule has 5 aromatic rings. The van der Waals surface area contributed by atoms with E-state index >= 15 is 0 Å². The largest absolute Gasteiger partial charge is 0.497 e. The lowest BCUT2D eigenvalue weighted by molar-refractivity contribution is 0.306. The standard InChI is InChI=1S/C35H28N2O3S/c1-39-27-18-13-26(14-19-27)33-30-20-15-25-9-5-6-10-29(25)32(30)36-35-37(33)34(38)31(41-35)21-23-11-16-28(17-12-23)40-22-24-7-3-2-4-8-24/h2-14,16-19,21,33H,15,20,22H2,1H3/b31-21-/t33-/m1/s1. The predicted molar refractivity (Wildman–Crippen MR) is 163 cm³/mol. The van der Waals surface area contributed by atoms with Crippen molar-refractivity contribution in [3.8, 4) is 11.5 Å². The molecule has 0 saturated carbocycles. The van der Waals surface area contributed by atoms with E-state index in [1.807, 2.05) is 77.4 Å². The Morgan fingerprint density at radius 2 is 1.61 bits per heavy atom. The molecular formula is C35H28N2O3S. The number of thiazole rings is 1. The second kappa shape index (κ2) is 10.7. The zero-order valence-corrected chi connectivity index (χ0v) is 23.4. The Balaban J connectivity index is 1.29. The second-order valence-corrected chi connectivity index (χ2v) is 11.2. The zero-order valence-electron chi connectivity index (χ0n) is 22.6. The highest BCUT2D eigenvalue weighted by Crippen LogP contribution is 2.41. The van der Waals surface area contributed by atoms with Crippen LogP contribution in [0.2, 0.25) is 0 Å². The van der Waals surface area contributed by atoms with Crippen LogP contribution in [-0.4, -0.2) is 11.7 Å². The van der Waals surface area contributed by atoms with Crippen LogP contribution in [0.1, 0.15) is 40.3 Å². The summed E-state index contributed by atoms with van der Waals surface area (Å²) in [4.78, 5) is 19.8. The molecule has 0 N–H and O–H groups in total. The summed E-state index contributed by atoms with van der Waals surface area (Å²) in [6.45, 7) is 0.512. The summed E-state index contributed by atoms with van der Waals surface area (Å²) >= 11 is 1.44. The number of hydrogen-bond donors (Lipinski definition) is 0. The third-order valence-corrected chi connectivity index (χ3v) is 8.71. The molecule has 0 radical (unpaired) electrons. The van der Waals surface area contributed by atoms with Crippen molar-refractivity contribution in [3.63, 3.8) is 0 Å². The van der Waals surface area contributed by atoms with Crippen molar-refractivity contribution in [3.05, 3.63) is 156 Å². The second-order valence-electron chi connectivity index (χ2n) is 10.2. The molecule has 1 aliphatic carbocycles. The van der Waals surface area contributed by atoms with E-state index in [2.05, 4.69) is 36.4 Å². The van der Waals surface area contributed by atoms with Gasteiger partial charge in [-0.3, -0.25) is 9.36 Å². The van der Waals surface area contributed by atoms with Crippen molar-refractivity contribution in [2.75, 3.05) is 7.11 Å². The van der Waals surface area contributed by atoms with E-state index in [4.69, 9.17) is 14.5 Å². The molecule has 0 amide bonds. The van der Waals surface area contributed by atoms with Crippen LogP contribution in [0, 0.1) is 0 Å². The summed E-state index contributed by atoms with van der Waals surface area (Å²) in [6.07, 6.45) is 3.74. The van der Waals surface area contributed by atoms with Crippen molar-refractivity contribution < 1.29 is 9.47 Å².